The Morgan fingerprint density at radius 2 is 1.80 bits per heavy atom. The molecular weight excluding hydrogens is 258 g/mol. The number of nitrogens with zero attached hydrogens (tertiary/aromatic N) is 1. The van der Waals surface area contributed by atoms with Gasteiger partial charge in [-0.2, -0.15) is 0 Å². The molecule has 0 heterocycles. The summed E-state index contributed by atoms with van der Waals surface area (Å²) in [5.41, 5.74) is 4.41. The number of hydrogen-bond acceptors (Lipinski definition) is 4. The van der Waals surface area contributed by atoms with Crippen LogP contribution in [0.4, 0.5) is 0 Å². The number of methoxy groups -OCH3 is 1. The second-order valence-corrected chi connectivity index (χ2v) is 5.71. The largest absolute Gasteiger partial charge is 0.409 e. The summed E-state index contributed by atoms with van der Waals surface area (Å²) in [6.45, 7) is 8.09. The van der Waals surface area contributed by atoms with Crippen LogP contribution in [0.15, 0.2) is 5.16 Å². The van der Waals surface area contributed by atoms with E-state index in [4.69, 9.17) is 15.7 Å². The first-order valence-electron chi connectivity index (χ1n) is 7.11. The third-order valence-corrected chi connectivity index (χ3v) is 3.61. The van der Waals surface area contributed by atoms with Crippen LogP contribution in [-0.4, -0.2) is 36.2 Å². The zero-order valence-corrected chi connectivity index (χ0v) is 13.3. The first kappa shape index (κ1) is 18.7. The molecule has 0 fully saturated rings. The molecule has 0 spiro atoms. The Labute approximate surface area is 121 Å². The smallest absolute Gasteiger partial charge is 0.234 e. The Morgan fingerprint density at radius 3 is 2.15 bits per heavy atom. The molecular formula is C14H29N3O3. The van der Waals surface area contributed by atoms with E-state index in [0.717, 1.165) is 12.8 Å². The van der Waals surface area contributed by atoms with E-state index >= 15 is 0 Å². The van der Waals surface area contributed by atoms with E-state index in [1.807, 2.05) is 27.7 Å². The average molecular weight is 287 g/mol. The van der Waals surface area contributed by atoms with Gasteiger partial charge in [0.2, 0.25) is 5.91 Å². The monoisotopic (exact) mass is 287 g/mol. The number of nitrogens with two attached hydrogens (primary N) is 1. The summed E-state index contributed by atoms with van der Waals surface area (Å²) in [5.74, 6) is -0.226. The summed E-state index contributed by atoms with van der Waals surface area (Å²) in [7, 11) is 1.60. The van der Waals surface area contributed by atoms with E-state index in [2.05, 4.69) is 10.5 Å². The minimum atomic E-state index is -0.942. The molecule has 0 saturated heterocycles. The predicted octanol–water partition coefficient (Wildman–Crippen LogP) is 1.86. The molecule has 0 bridgehead atoms. The SMILES string of the molecule is CCCC(CCC)(C(=O)NCC(C)(C)OC)C(N)=NO. The van der Waals surface area contributed by atoms with E-state index in [0.29, 0.717) is 19.4 Å². The van der Waals surface area contributed by atoms with E-state index in [1.54, 1.807) is 7.11 Å². The normalized spacial score (nSPS) is 13.3. The summed E-state index contributed by atoms with van der Waals surface area (Å²) in [5, 5.41) is 15.0. The number of ether oxygens (including phenoxy) is 1. The predicted molar refractivity (Wildman–Crippen MR) is 79.8 cm³/mol. The zero-order valence-electron chi connectivity index (χ0n) is 13.3. The van der Waals surface area contributed by atoms with Crippen LogP contribution in [0, 0.1) is 5.41 Å². The minimum absolute atomic E-state index is 0.0195. The fourth-order valence-electron chi connectivity index (χ4n) is 2.21. The van der Waals surface area contributed by atoms with Gasteiger partial charge in [-0.15, -0.1) is 0 Å². The van der Waals surface area contributed by atoms with Crippen molar-refractivity contribution in [3.63, 3.8) is 0 Å². The Bertz CT molecular complexity index is 335. The maximum absolute atomic E-state index is 12.6. The summed E-state index contributed by atoms with van der Waals surface area (Å²) in [6.07, 6.45) is 2.65. The molecule has 6 heteroatoms. The third kappa shape index (κ3) is 4.67. The molecule has 0 aliphatic carbocycles. The van der Waals surface area contributed by atoms with Crippen LogP contribution in [-0.2, 0) is 9.53 Å². The van der Waals surface area contributed by atoms with Gasteiger partial charge in [-0.05, 0) is 26.7 Å². The summed E-state index contributed by atoms with van der Waals surface area (Å²) in [6, 6.07) is 0. The lowest BCUT2D eigenvalue weighted by Crippen LogP contribution is -2.52. The number of carbonyl (C=O) groups excluding carboxylic acids is 1. The molecule has 0 rings (SSSR count). The number of hydrogen-bond donors (Lipinski definition) is 3. The Hall–Kier alpha value is -1.30. The number of rotatable bonds is 9. The molecule has 0 saturated carbocycles. The maximum Gasteiger partial charge on any atom is 0.234 e. The number of oxime groups is 1. The molecule has 0 aliphatic heterocycles. The fourth-order valence-corrected chi connectivity index (χ4v) is 2.21. The van der Waals surface area contributed by atoms with Gasteiger partial charge in [0.1, 0.15) is 5.41 Å². The zero-order chi connectivity index (χ0) is 15.8. The Morgan fingerprint density at radius 1 is 1.30 bits per heavy atom. The quantitative estimate of drug-likeness (QED) is 0.261. The molecule has 0 radical (unpaired) electrons. The van der Waals surface area contributed by atoms with E-state index in [-0.39, 0.29) is 11.7 Å². The van der Waals surface area contributed by atoms with Crippen molar-refractivity contribution in [1.82, 2.24) is 5.32 Å². The first-order chi connectivity index (χ1) is 9.29. The molecule has 0 aromatic carbocycles. The second-order valence-electron chi connectivity index (χ2n) is 5.71. The van der Waals surface area contributed by atoms with Crippen LogP contribution in [0.5, 0.6) is 0 Å². The van der Waals surface area contributed by atoms with Crippen molar-refractivity contribution in [2.75, 3.05) is 13.7 Å². The highest BCUT2D eigenvalue weighted by molar-refractivity contribution is 6.06. The van der Waals surface area contributed by atoms with Crippen LogP contribution in [0.3, 0.4) is 0 Å². The standard InChI is InChI=1S/C14H29N3O3/c1-6-8-14(9-7-2,11(15)17-19)12(18)16-10-13(3,4)20-5/h19H,6-10H2,1-5H3,(H2,15,17)(H,16,18). The summed E-state index contributed by atoms with van der Waals surface area (Å²) < 4.78 is 5.28. The lowest BCUT2D eigenvalue weighted by atomic mass is 9.77. The highest BCUT2D eigenvalue weighted by Gasteiger charge is 2.41. The Balaban J connectivity index is 5.15. The lowest BCUT2D eigenvalue weighted by Gasteiger charge is -2.32. The van der Waals surface area contributed by atoms with Crippen LogP contribution >= 0.6 is 0 Å². The van der Waals surface area contributed by atoms with Crippen molar-refractivity contribution in [3.8, 4) is 0 Å². The van der Waals surface area contributed by atoms with E-state index in [9.17, 15) is 4.79 Å². The highest BCUT2D eigenvalue weighted by Crippen LogP contribution is 2.31. The molecule has 0 unspecified atom stereocenters. The van der Waals surface area contributed by atoms with Gasteiger partial charge in [0.15, 0.2) is 5.84 Å². The summed E-state index contributed by atoms with van der Waals surface area (Å²) in [4.78, 5) is 12.6. The maximum atomic E-state index is 12.6. The topological polar surface area (TPSA) is 96.9 Å². The van der Waals surface area contributed by atoms with Gasteiger partial charge in [-0.3, -0.25) is 4.79 Å². The van der Waals surface area contributed by atoms with Gasteiger partial charge in [0.05, 0.1) is 5.60 Å². The third-order valence-electron chi connectivity index (χ3n) is 3.61. The van der Waals surface area contributed by atoms with Crippen molar-refractivity contribution in [2.24, 2.45) is 16.3 Å². The van der Waals surface area contributed by atoms with E-state index in [1.165, 1.54) is 0 Å². The highest BCUT2D eigenvalue weighted by atomic mass is 16.5. The van der Waals surface area contributed by atoms with Gasteiger partial charge in [0.25, 0.3) is 0 Å². The lowest BCUT2D eigenvalue weighted by molar-refractivity contribution is -0.129. The van der Waals surface area contributed by atoms with Crippen molar-refractivity contribution in [2.45, 2.75) is 59.0 Å². The van der Waals surface area contributed by atoms with Crippen LogP contribution in [0.2, 0.25) is 0 Å². The molecule has 1 amide bonds. The molecule has 20 heavy (non-hydrogen) atoms. The van der Waals surface area contributed by atoms with Crippen molar-refractivity contribution < 1.29 is 14.7 Å². The molecule has 6 nitrogen and oxygen atoms in total. The van der Waals surface area contributed by atoms with Gasteiger partial charge in [-0.25, -0.2) is 0 Å². The molecule has 118 valence electrons. The minimum Gasteiger partial charge on any atom is -0.409 e. The van der Waals surface area contributed by atoms with Crippen molar-refractivity contribution in [3.05, 3.63) is 0 Å². The summed E-state index contributed by atoms with van der Waals surface area (Å²) >= 11 is 0. The van der Waals surface area contributed by atoms with Crippen LogP contribution in [0.1, 0.15) is 53.4 Å². The second kappa shape index (κ2) is 8.09. The fraction of sp³-hybridized carbons (Fsp3) is 0.857. The first-order valence-corrected chi connectivity index (χ1v) is 7.11. The van der Waals surface area contributed by atoms with E-state index < -0.39 is 11.0 Å². The number of nitrogens with one attached hydrogen (secondary N) is 1. The molecule has 0 atom stereocenters. The van der Waals surface area contributed by atoms with Crippen molar-refractivity contribution >= 4 is 11.7 Å². The molecule has 0 aromatic rings. The van der Waals surface area contributed by atoms with Crippen LogP contribution < -0.4 is 11.1 Å². The van der Waals surface area contributed by atoms with Gasteiger partial charge in [0, 0.05) is 13.7 Å². The van der Waals surface area contributed by atoms with Crippen molar-refractivity contribution in [1.29, 1.82) is 0 Å². The Kier molecular flexibility index (Phi) is 7.57. The van der Waals surface area contributed by atoms with Crippen LogP contribution in [0.25, 0.3) is 0 Å². The molecule has 4 N–H and O–H groups in total. The van der Waals surface area contributed by atoms with Gasteiger partial charge < -0.3 is 21.0 Å². The van der Waals surface area contributed by atoms with Gasteiger partial charge >= 0.3 is 0 Å². The number of carbonyl (C=O) groups is 1. The number of amidine groups is 1. The average Bonchev–Trinajstić information content (AvgIpc) is 2.43. The molecule has 0 aromatic heterocycles. The van der Waals surface area contributed by atoms with Gasteiger partial charge in [-0.1, -0.05) is 31.8 Å². The number of amides is 1. The molecule has 0 aliphatic rings.